The Balaban J connectivity index is 2.83. The predicted molar refractivity (Wildman–Crippen MR) is 66.4 cm³/mol. The van der Waals surface area contributed by atoms with Crippen LogP contribution in [0.2, 0.25) is 0 Å². The largest absolute Gasteiger partial charge is 0.280 e. The van der Waals surface area contributed by atoms with Gasteiger partial charge in [-0.3, -0.25) is 0 Å². The standard InChI is InChI=1S/C10H8ClN5O2S/c1-6-3-9(14-5-13-6)16-10(19(11,17)18)8(4-12)7(2)15-16/h3,5H,1-2H3. The van der Waals surface area contributed by atoms with Crippen LogP contribution in [0.4, 0.5) is 0 Å². The molecule has 0 aliphatic rings. The van der Waals surface area contributed by atoms with Crippen LogP contribution < -0.4 is 0 Å². The first kappa shape index (κ1) is 13.5. The number of aromatic nitrogens is 4. The number of hydrogen-bond acceptors (Lipinski definition) is 6. The molecule has 0 spiro atoms. The number of nitrogens with zero attached hydrogens (tertiary/aromatic N) is 5. The Bertz CT molecular complexity index is 791. The van der Waals surface area contributed by atoms with Gasteiger partial charge >= 0.3 is 0 Å². The van der Waals surface area contributed by atoms with Crippen molar-refractivity contribution in [2.45, 2.75) is 18.9 Å². The van der Waals surface area contributed by atoms with Crippen molar-refractivity contribution < 1.29 is 8.42 Å². The van der Waals surface area contributed by atoms with Crippen molar-refractivity contribution in [3.8, 4) is 11.9 Å². The molecule has 9 heteroatoms. The summed E-state index contributed by atoms with van der Waals surface area (Å²) < 4.78 is 24.3. The Hall–Kier alpha value is -1.98. The third-order valence-electron chi connectivity index (χ3n) is 2.37. The van der Waals surface area contributed by atoms with Gasteiger partial charge in [0.25, 0.3) is 9.05 Å². The van der Waals surface area contributed by atoms with Crippen LogP contribution in [0.3, 0.4) is 0 Å². The van der Waals surface area contributed by atoms with Gasteiger partial charge in [0.05, 0.1) is 5.69 Å². The summed E-state index contributed by atoms with van der Waals surface area (Å²) in [5.41, 5.74) is 0.804. The van der Waals surface area contributed by atoms with Crippen LogP contribution in [-0.2, 0) is 9.05 Å². The lowest BCUT2D eigenvalue weighted by Crippen LogP contribution is -2.08. The van der Waals surface area contributed by atoms with Gasteiger partial charge in [-0.2, -0.15) is 10.4 Å². The first-order valence-corrected chi connectivity index (χ1v) is 7.39. The van der Waals surface area contributed by atoms with Crippen molar-refractivity contribution in [3.63, 3.8) is 0 Å². The van der Waals surface area contributed by atoms with Gasteiger partial charge < -0.3 is 0 Å². The van der Waals surface area contributed by atoms with E-state index in [-0.39, 0.29) is 22.1 Å². The van der Waals surface area contributed by atoms with Gasteiger partial charge in [0.1, 0.15) is 18.0 Å². The SMILES string of the molecule is Cc1cc(-n2nc(C)c(C#N)c2S(=O)(=O)Cl)ncn1. The maximum atomic E-state index is 11.6. The van der Waals surface area contributed by atoms with Gasteiger partial charge in [0.2, 0.25) is 0 Å². The molecule has 0 radical (unpaired) electrons. The molecule has 7 nitrogen and oxygen atoms in total. The Morgan fingerprint density at radius 1 is 1.37 bits per heavy atom. The molecule has 2 aromatic heterocycles. The molecule has 0 unspecified atom stereocenters. The van der Waals surface area contributed by atoms with Gasteiger partial charge in [-0.25, -0.2) is 23.1 Å². The highest BCUT2D eigenvalue weighted by Gasteiger charge is 2.27. The van der Waals surface area contributed by atoms with Crippen LogP contribution in [-0.4, -0.2) is 28.2 Å². The summed E-state index contributed by atoms with van der Waals surface area (Å²) in [6.45, 7) is 3.25. The maximum Gasteiger partial charge on any atom is 0.280 e. The van der Waals surface area contributed by atoms with Crippen molar-refractivity contribution in [1.82, 2.24) is 19.7 Å². The molecule has 0 atom stereocenters. The van der Waals surface area contributed by atoms with Gasteiger partial charge in [-0.05, 0) is 13.8 Å². The molecule has 0 aromatic carbocycles. The molecule has 2 heterocycles. The topological polar surface area (TPSA) is 102 Å². The van der Waals surface area contributed by atoms with Crippen molar-refractivity contribution in [3.05, 3.63) is 29.3 Å². The van der Waals surface area contributed by atoms with Crippen molar-refractivity contribution in [2.24, 2.45) is 0 Å². The van der Waals surface area contributed by atoms with E-state index in [4.69, 9.17) is 15.9 Å². The monoisotopic (exact) mass is 297 g/mol. The summed E-state index contributed by atoms with van der Waals surface area (Å²) in [7, 11) is 1.24. The summed E-state index contributed by atoms with van der Waals surface area (Å²) in [6, 6.07) is 3.33. The second-order valence-electron chi connectivity index (χ2n) is 3.74. The maximum absolute atomic E-state index is 11.6. The molecule has 0 saturated carbocycles. The molecule has 0 saturated heterocycles. The zero-order chi connectivity index (χ0) is 14.2. The molecule has 0 N–H and O–H groups in total. The number of nitriles is 1. The Morgan fingerprint density at radius 3 is 2.58 bits per heavy atom. The summed E-state index contributed by atoms with van der Waals surface area (Å²) in [6.07, 6.45) is 1.28. The van der Waals surface area contributed by atoms with E-state index in [1.807, 2.05) is 0 Å². The van der Waals surface area contributed by atoms with Crippen LogP contribution in [0.5, 0.6) is 0 Å². The Morgan fingerprint density at radius 2 is 2.05 bits per heavy atom. The zero-order valence-electron chi connectivity index (χ0n) is 9.99. The highest BCUT2D eigenvalue weighted by molar-refractivity contribution is 8.13. The molecule has 2 aromatic rings. The van der Waals surface area contributed by atoms with E-state index in [2.05, 4.69) is 15.1 Å². The van der Waals surface area contributed by atoms with Gasteiger partial charge in [-0.15, -0.1) is 0 Å². The normalized spacial score (nSPS) is 11.3. The smallest absolute Gasteiger partial charge is 0.242 e. The number of rotatable bonds is 2. The zero-order valence-corrected chi connectivity index (χ0v) is 11.6. The number of halogens is 1. The summed E-state index contributed by atoms with van der Waals surface area (Å²) in [5, 5.41) is 12.6. The second-order valence-corrected chi connectivity index (χ2v) is 6.23. The summed E-state index contributed by atoms with van der Waals surface area (Å²) in [5.74, 6) is 0.233. The van der Waals surface area contributed by atoms with Gasteiger partial charge in [-0.1, -0.05) is 0 Å². The molecule has 0 amide bonds. The summed E-state index contributed by atoms with van der Waals surface area (Å²) >= 11 is 0. The quantitative estimate of drug-likeness (QED) is 0.769. The van der Waals surface area contributed by atoms with Crippen LogP contribution in [0, 0.1) is 25.2 Å². The van der Waals surface area contributed by atoms with Crippen LogP contribution in [0.25, 0.3) is 5.82 Å². The van der Waals surface area contributed by atoms with E-state index >= 15 is 0 Å². The second kappa shape index (κ2) is 4.60. The van der Waals surface area contributed by atoms with Crippen LogP contribution in [0.1, 0.15) is 17.0 Å². The molecule has 2 rings (SSSR count). The molecule has 0 fully saturated rings. The average molecular weight is 298 g/mol. The molecule has 0 bridgehead atoms. The van der Waals surface area contributed by atoms with E-state index in [1.54, 1.807) is 19.1 Å². The molecule has 19 heavy (non-hydrogen) atoms. The lowest BCUT2D eigenvalue weighted by Gasteiger charge is -2.04. The van der Waals surface area contributed by atoms with Gasteiger partial charge in [0.15, 0.2) is 10.8 Å². The van der Waals surface area contributed by atoms with Crippen molar-refractivity contribution >= 4 is 19.7 Å². The highest BCUT2D eigenvalue weighted by Crippen LogP contribution is 2.24. The molecular weight excluding hydrogens is 290 g/mol. The molecule has 0 aliphatic carbocycles. The molecule has 98 valence electrons. The molecule has 0 aliphatic heterocycles. The fourth-order valence-electron chi connectivity index (χ4n) is 1.57. The minimum absolute atomic E-state index is 0.0914. The Labute approximate surface area is 113 Å². The van der Waals surface area contributed by atoms with Crippen LogP contribution in [0.15, 0.2) is 17.4 Å². The third kappa shape index (κ3) is 2.43. The van der Waals surface area contributed by atoms with Gasteiger partial charge in [0, 0.05) is 22.4 Å². The highest BCUT2D eigenvalue weighted by atomic mass is 35.7. The minimum atomic E-state index is -4.13. The summed E-state index contributed by atoms with van der Waals surface area (Å²) in [4.78, 5) is 7.84. The van der Waals surface area contributed by atoms with Crippen molar-refractivity contribution in [2.75, 3.05) is 0 Å². The molecular formula is C10H8ClN5O2S. The van der Waals surface area contributed by atoms with E-state index in [1.165, 1.54) is 13.3 Å². The number of hydrogen-bond donors (Lipinski definition) is 0. The van der Waals surface area contributed by atoms with E-state index in [9.17, 15) is 8.42 Å². The predicted octanol–water partition coefficient (Wildman–Crippen LogP) is 1.08. The third-order valence-corrected chi connectivity index (χ3v) is 3.64. The number of aryl methyl sites for hydroxylation is 2. The lowest BCUT2D eigenvalue weighted by molar-refractivity contribution is 0.598. The lowest BCUT2D eigenvalue weighted by atomic mass is 10.3. The fourth-order valence-corrected chi connectivity index (χ4v) is 2.78. The van der Waals surface area contributed by atoms with E-state index < -0.39 is 9.05 Å². The average Bonchev–Trinajstić information content (AvgIpc) is 2.66. The van der Waals surface area contributed by atoms with Crippen LogP contribution >= 0.6 is 10.7 Å². The van der Waals surface area contributed by atoms with E-state index in [0.717, 1.165) is 4.68 Å². The fraction of sp³-hybridized carbons (Fsp3) is 0.200. The first-order valence-electron chi connectivity index (χ1n) is 5.08. The Kier molecular flexibility index (Phi) is 3.26. The first-order chi connectivity index (χ1) is 8.84. The van der Waals surface area contributed by atoms with Crippen molar-refractivity contribution in [1.29, 1.82) is 5.26 Å². The van der Waals surface area contributed by atoms with E-state index in [0.29, 0.717) is 5.69 Å². The minimum Gasteiger partial charge on any atom is -0.242 e.